The molecule has 112 valence electrons. The molecule has 0 aromatic rings. The van der Waals surface area contributed by atoms with E-state index >= 15 is 0 Å². The number of hydrogen-bond donors (Lipinski definition) is 1. The first-order chi connectivity index (χ1) is 8.83. The van der Waals surface area contributed by atoms with Gasteiger partial charge in [0.15, 0.2) is 0 Å². The molecule has 1 aliphatic rings. The van der Waals surface area contributed by atoms with Crippen LogP contribution in [0.4, 0.5) is 0 Å². The van der Waals surface area contributed by atoms with Gasteiger partial charge in [-0.3, -0.25) is 0 Å². The van der Waals surface area contributed by atoms with Crippen LogP contribution in [0.3, 0.4) is 0 Å². The van der Waals surface area contributed by atoms with Crippen LogP contribution in [0.1, 0.15) is 75.2 Å². The molecule has 0 spiro atoms. The van der Waals surface area contributed by atoms with Crippen molar-refractivity contribution in [2.45, 2.75) is 81.3 Å². The molecule has 1 rings (SSSR count). The highest BCUT2D eigenvalue weighted by Crippen LogP contribution is 2.39. The first kappa shape index (κ1) is 20.6. The van der Waals surface area contributed by atoms with E-state index < -0.39 is 0 Å². The fraction of sp³-hybridized carbons (Fsp3) is 0.778. The summed E-state index contributed by atoms with van der Waals surface area (Å²) < 4.78 is 0. The Morgan fingerprint density at radius 3 is 2.00 bits per heavy atom. The highest BCUT2D eigenvalue weighted by Gasteiger charge is 2.31. The Morgan fingerprint density at radius 1 is 1.16 bits per heavy atom. The van der Waals surface area contributed by atoms with Crippen LogP contribution in [0.25, 0.3) is 0 Å². The van der Waals surface area contributed by atoms with E-state index in [0.717, 1.165) is 12.8 Å². The van der Waals surface area contributed by atoms with E-state index in [1.165, 1.54) is 11.1 Å². The summed E-state index contributed by atoms with van der Waals surface area (Å²) in [5.74, 6) is 6.94. The third kappa shape index (κ3) is 7.43. The van der Waals surface area contributed by atoms with Crippen molar-refractivity contribution >= 4 is 0 Å². The summed E-state index contributed by atoms with van der Waals surface area (Å²) in [7, 11) is 0. The van der Waals surface area contributed by atoms with Crippen LogP contribution in [-0.4, -0.2) is 11.2 Å². The maximum absolute atomic E-state index is 9.73. The minimum Gasteiger partial charge on any atom is -0.393 e. The fourth-order valence-corrected chi connectivity index (χ4v) is 2.29. The van der Waals surface area contributed by atoms with Gasteiger partial charge in [0.25, 0.3) is 0 Å². The molecule has 0 heterocycles. The molecule has 0 saturated carbocycles. The van der Waals surface area contributed by atoms with Crippen LogP contribution in [0.5, 0.6) is 0 Å². The fourth-order valence-electron chi connectivity index (χ4n) is 2.29. The zero-order valence-corrected chi connectivity index (χ0v) is 14.5. The van der Waals surface area contributed by atoms with Crippen LogP contribution < -0.4 is 0 Å². The average Bonchev–Trinajstić information content (AvgIpc) is 2.31. The van der Waals surface area contributed by atoms with Gasteiger partial charge in [-0.25, -0.2) is 0 Å². The Labute approximate surface area is 121 Å². The zero-order chi connectivity index (χ0) is 15.6. The molecule has 19 heavy (non-hydrogen) atoms. The summed E-state index contributed by atoms with van der Waals surface area (Å²) in [6.07, 6.45) is 1.42. The van der Waals surface area contributed by atoms with Crippen LogP contribution in [-0.2, 0) is 0 Å². The Bertz CT molecular complexity index is 323. The maximum atomic E-state index is 9.73. The summed E-state index contributed by atoms with van der Waals surface area (Å²) in [5, 5.41) is 9.73. The first-order valence-corrected chi connectivity index (χ1v) is 7.73. The second-order valence-corrected chi connectivity index (χ2v) is 5.53. The lowest BCUT2D eigenvalue weighted by Crippen LogP contribution is -2.28. The van der Waals surface area contributed by atoms with Gasteiger partial charge >= 0.3 is 0 Å². The highest BCUT2D eigenvalue weighted by atomic mass is 16.3. The van der Waals surface area contributed by atoms with Crippen molar-refractivity contribution < 1.29 is 5.11 Å². The minimum atomic E-state index is -0.190. The molecular weight excluding hydrogens is 232 g/mol. The van der Waals surface area contributed by atoms with Gasteiger partial charge in [0.1, 0.15) is 0 Å². The number of aliphatic hydroxyl groups excluding tert-OH is 1. The molecular formula is C18H34O. The Hall–Kier alpha value is -0.740. The van der Waals surface area contributed by atoms with Crippen molar-refractivity contribution in [2.75, 3.05) is 0 Å². The number of hydrogen-bond acceptors (Lipinski definition) is 1. The lowest BCUT2D eigenvalue weighted by Gasteiger charge is -2.34. The van der Waals surface area contributed by atoms with Crippen molar-refractivity contribution in [3.63, 3.8) is 0 Å². The van der Waals surface area contributed by atoms with Gasteiger partial charge in [-0.2, -0.15) is 0 Å². The summed E-state index contributed by atoms with van der Waals surface area (Å²) in [6, 6.07) is 0. The second kappa shape index (κ2) is 10.1. The van der Waals surface area contributed by atoms with Crippen LogP contribution in [0.2, 0.25) is 0 Å². The third-order valence-electron chi connectivity index (χ3n) is 2.88. The van der Waals surface area contributed by atoms with Gasteiger partial charge in [-0.05, 0) is 19.8 Å². The number of aliphatic hydroxyl groups is 1. The van der Waals surface area contributed by atoms with Gasteiger partial charge in [-0.1, -0.05) is 72.8 Å². The second-order valence-electron chi connectivity index (χ2n) is 5.53. The average molecular weight is 266 g/mol. The summed E-state index contributed by atoms with van der Waals surface area (Å²) in [6.45, 7) is 18.6. The normalized spacial score (nSPS) is 20.5. The van der Waals surface area contributed by atoms with E-state index in [1.54, 1.807) is 0 Å². The van der Waals surface area contributed by atoms with Crippen molar-refractivity contribution in [1.29, 1.82) is 0 Å². The van der Waals surface area contributed by atoms with Gasteiger partial charge in [0, 0.05) is 16.9 Å². The van der Waals surface area contributed by atoms with E-state index in [-0.39, 0.29) is 11.5 Å². The van der Waals surface area contributed by atoms with Gasteiger partial charge in [0.2, 0.25) is 0 Å². The molecule has 1 aliphatic carbocycles. The molecule has 0 aliphatic heterocycles. The van der Waals surface area contributed by atoms with Crippen LogP contribution >= 0.6 is 0 Å². The molecule has 0 aromatic carbocycles. The van der Waals surface area contributed by atoms with Gasteiger partial charge in [-0.15, -0.1) is 0 Å². The van der Waals surface area contributed by atoms with Crippen LogP contribution in [0.15, 0.2) is 11.1 Å². The summed E-state index contributed by atoms with van der Waals surface area (Å²) in [4.78, 5) is 0. The Kier molecular flexibility index (Phi) is 10.9. The first-order valence-electron chi connectivity index (χ1n) is 7.73. The quantitative estimate of drug-likeness (QED) is 0.598. The molecule has 0 radical (unpaired) electrons. The molecule has 1 nitrogen and oxygen atoms in total. The molecule has 1 unspecified atom stereocenters. The molecule has 0 bridgehead atoms. The topological polar surface area (TPSA) is 20.2 Å². The highest BCUT2D eigenvalue weighted by molar-refractivity contribution is 5.40. The van der Waals surface area contributed by atoms with Crippen molar-refractivity contribution in [3.05, 3.63) is 11.1 Å². The van der Waals surface area contributed by atoms with Gasteiger partial charge < -0.3 is 5.11 Å². The smallest absolute Gasteiger partial charge is 0.0586 e. The van der Waals surface area contributed by atoms with Crippen molar-refractivity contribution in [2.24, 2.45) is 11.3 Å². The molecule has 1 heteroatoms. The van der Waals surface area contributed by atoms with E-state index in [9.17, 15) is 5.11 Å². The molecule has 1 atom stereocenters. The minimum absolute atomic E-state index is 0.0314. The maximum Gasteiger partial charge on any atom is 0.0586 e. The SMILES string of the molecule is CC.CC.CC1=C(C#CC(C)C)C(C)(C)CC(O)C1. The number of rotatable bonds is 0. The predicted molar refractivity (Wildman–Crippen MR) is 87.0 cm³/mol. The molecule has 0 fully saturated rings. The predicted octanol–water partition coefficient (Wildman–Crippen LogP) is 5.20. The van der Waals surface area contributed by atoms with Gasteiger partial charge in [0.05, 0.1) is 6.10 Å². The molecule has 1 N–H and O–H groups in total. The zero-order valence-electron chi connectivity index (χ0n) is 14.5. The third-order valence-corrected chi connectivity index (χ3v) is 2.88. The summed E-state index contributed by atoms with van der Waals surface area (Å²) in [5.41, 5.74) is 2.53. The summed E-state index contributed by atoms with van der Waals surface area (Å²) >= 11 is 0. The monoisotopic (exact) mass is 266 g/mol. The van der Waals surface area contributed by atoms with Crippen molar-refractivity contribution in [3.8, 4) is 11.8 Å². The molecule has 0 amide bonds. The standard InChI is InChI=1S/C14H22O.2C2H6/c1-10(2)6-7-13-11(3)8-12(15)9-14(13,4)5;2*1-2/h10,12,15H,8-9H2,1-5H3;2*1-2H3. The van der Waals surface area contributed by atoms with E-state index in [1.807, 2.05) is 27.7 Å². The largest absolute Gasteiger partial charge is 0.393 e. The molecule has 0 saturated heterocycles. The lowest BCUT2D eigenvalue weighted by molar-refractivity contribution is 0.117. The molecule has 0 aromatic heterocycles. The lowest BCUT2D eigenvalue weighted by atomic mass is 9.72. The van der Waals surface area contributed by atoms with E-state index in [0.29, 0.717) is 5.92 Å². The van der Waals surface area contributed by atoms with Crippen molar-refractivity contribution in [1.82, 2.24) is 0 Å². The Morgan fingerprint density at radius 2 is 1.63 bits per heavy atom. The van der Waals surface area contributed by atoms with E-state index in [2.05, 4.69) is 46.5 Å². The van der Waals surface area contributed by atoms with Crippen LogP contribution in [0, 0.1) is 23.2 Å². The van der Waals surface area contributed by atoms with E-state index in [4.69, 9.17) is 0 Å². The number of allylic oxidation sites excluding steroid dienone is 1. The Balaban J connectivity index is 0.